The molecule has 1 amide bonds. The average molecular weight is 364 g/mol. The Hall–Kier alpha value is -1.87. The molecule has 3 saturated heterocycles. The molecule has 0 spiro atoms. The van der Waals surface area contributed by atoms with E-state index in [2.05, 4.69) is 10.2 Å². The minimum absolute atomic E-state index is 0.193. The van der Waals surface area contributed by atoms with Crippen molar-refractivity contribution in [3.05, 3.63) is 23.8 Å². The van der Waals surface area contributed by atoms with Crippen molar-refractivity contribution in [3.63, 3.8) is 0 Å². The standard InChI is InChI=1S/C18H24N2O6/c1-23-15-3-2-11(8-13(15)20-4-6-24-7-5-20)18(22)19-12-9-25-17-14(21)10-26-16(12)17/h2-3,8,12,14,16-17,21H,4-7,9-10H2,1H3,(H,19,22)/t12-,14+,16+,17+/m0/s1. The number of amides is 1. The van der Waals surface area contributed by atoms with Crippen molar-refractivity contribution in [1.29, 1.82) is 0 Å². The van der Waals surface area contributed by atoms with Crippen molar-refractivity contribution in [2.45, 2.75) is 24.4 Å². The first-order valence-corrected chi connectivity index (χ1v) is 8.90. The van der Waals surface area contributed by atoms with Crippen LogP contribution >= 0.6 is 0 Å². The summed E-state index contributed by atoms with van der Waals surface area (Å²) in [5.41, 5.74) is 1.44. The SMILES string of the molecule is COc1ccc(C(=O)N[C@H]2CO[C@H]3[C@@H]2OC[C@H]3O)cc1N1CCOCC1. The number of hydrogen-bond donors (Lipinski definition) is 2. The van der Waals surface area contributed by atoms with Crippen LogP contribution in [0.25, 0.3) is 0 Å². The molecule has 8 heteroatoms. The molecule has 3 heterocycles. The summed E-state index contributed by atoms with van der Waals surface area (Å²) < 4.78 is 22.0. The van der Waals surface area contributed by atoms with Gasteiger partial charge in [-0.3, -0.25) is 4.79 Å². The second-order valence-corrected chi connectivity index (χ2v) is 6.73. The number of nitrogens with one attached hydrogen (secondary N) is 1. The molecule has 8 nitrogen and oxygen atoms in total. The van der Waals surface area contributed by atoms with E-state index in [0.29, 0.717) is 25.4 Å². The largest absolute Gasteiger partial charge is 0.495 e. The highest BCUT2D eigenvalue weighted by Gasteiger charge is 2.47. The Labute approximate surface area is 152 Å². The molecule has 0 saturated carbocycles. The molecule has 1 aromatic carbocycles. The van der Waals surface area contributed by atoms with Gasteiger partial charge in [0.2, 0.25) is 0 Å². The first-order chi connectivity index (χ1) is 12.7. The van der Waals surface area contributed by atoms with Crippen molar-refractivity contribution in [1.82, 2.24) is 5.32 Å². The van der Waals surface area contributed by atoms with Crippen LogP contribution in [0.2, 0.25) is 0 Å². The Morgan fingerprint density at radius 3 is 2.77 bits per heavy atom. The highest BCUT2D eigenvalue weighted by Crippen LogP contribution is 2.31. The number of carbonyl (C=O) groups is 1. The zero-order valence-electron chi connectivity index (χ0n) is 14.7. The molecular formula is C18H24N2O6. The van der Waals surface area contributed by atoms with Crippen molar-refractivity contribution in [2.75, 3.05) is 51.5 Å². The van der Waals surface area contributed by atoms with Gasteiger partial charge in [-0.2, -0.15) is 0 Å². The van der Waals surface area contributed by atoms with E-state index in [1.54, 1.807) is 13.2 Å². The predicted molar refractivity (Wildman–Crippen MR) is 92.8 cm³/mol. The molecule has 1 aromatic rings. The summed E-state index contributed by atoms with van der Waals surface area (Å²) in [6.45, 7) is 3.40. The summed E-state index contributed by atoms with van der Waals surface area (Å²) in [6, 6.07) is 5.13. The van der Waals surface area contributed by atoms with E-state index in [9.17, 15) is 9.90 Å². The number of rotatable bonds is 4. The molecule has 0 bridgehead atoms. The minimum atomic E-state index is -0.629. The van der Waals surface area contributed by atoms with Crippen LogP contribution in [0, 0.1) is 0 Å². The Bertz CT molecular complexity index is 663. The number of morpholine rings is 1. The van der Waals surface area contributed by atoms with Gasteiger partial charge in [-0.15, -0.1) is 0 Å². The van der Waals surface area contributed by atoms with Gasteiger partial charge >= 0.3 is 0 Å². The fourth-order valence-corrected chi connectivity index (χ4v) is 3.74. The zero-order chi connectivity index (χ0) is 18.1. The van der Waals surface area contributed by atoms with E-state index in [0.717, 1.165) is 24.5 Å². The van der Waals surface area contributed by atoms with Gasteiger partial charge in [0.25, 0.3) is 5.91 Å². The van der Waals surface area contributed by atoms with Crippen molar-refractivity contribution < 1.29 is 28.8 Å². The van der Waals surface area contributed by atoms with Crippen LogP contribution in [-0.4, -0.2) is 82.0 Å². The molecule has 0 aromatic heterocycles. The second kappa shape index (κ2) is 7.40. The smallest absolute Gasteiger partial charge is 0.251 e. The number of carbonyl (C=O) groups excluding carboxylic acids is 1. The third-order valence-electron chi connectivity index (χ3n) is 5.14. The maximum absolute atomic E-state index is 12.7. The topological polar surface area (TPSA) is 89.5 Å². The molecule has 2 N–H and O–H groups in total. The monoisotopic (exact) mass is 364 g/mol. The van der Waals surface area contributed by atoms with Gasteiger partial charge in [-0.1, -0.05) is 0 Å². The second-order valence-electron chi connectivity index (χ2n) is 6.73. The molecule has 4 rings (SSSR count). The van der Waals surface area contributed by atoms with E-state index in [1.807, 2.05) is 12.1 Å². The summed E-state index contributed by atoms with van der Waals surface area (Å²) in [7, 11) is 1.62. The third-order valence-corrected chi connectivity index (χ3v) is 5.14. The predicted octanol–water partition coefficient (Wildman–Crippen LogP) is -0.211. The van der Waals surface area contributed by atoms with Gasteiger partial charge in [-0.25, -0.2) is 0 Å². The number of ether oxygens (including phenoxy) is 4. The van der Waals surface area contributed by atoms with Crippen LogP contribution in [0.1, 0.15) is 10.4 Å². The van der Waals surface area contributed by atoms with Gasteiger partial charge in [0.05, 0.1) is 45.3 Å². The minimum Gasteiger partial charge on any atom is -0.495 e. The number of aliphatic hydroxyl groups is 1. The summed E-state index contributed by atoms with van der Waals surface area (Å²) in [4.78, 5) is 14.9. The average Bonchev–Trinajstić information content (AvgIpc) is 3.25. The molecule has 0 aliphatic carbocycles. The number of hydrogen-bond acceptors (Lipinski definition) is 7. The fourth-order valence-electron chi connectivity index (χ4n) is 3.74. The van der Waals surface area contributed by atoms with Gasteiger partial charge in [-0.05, 0) is 18.2 Å². The maximum atomic E-state index is 12.7. The first kappa shape index (κ1) is 17.5. The fraction of sp³-hybridized carbons (Fsp3) is 0.611. The van der Waals surface area contributed by atoms with Gasteiger partial charge in [0, 0.05) is 18.7 Å². The number of anilines is 1. The normalized spacial score (nSPS) is 30.9. The highest BCUT2D eigenvalue weighted by molar-refractivity contribution is 5.96. The van der Waals surface area contributed by atoms with E-state index in [1.165, 1.54) is 0 Å². The Morgan fingerprint density at radius 1 is 1.23 bits per heavy atom. The van der Waals surface area contributed by atoms with Gasteiger partial charge < -0.3 is 34.3 Å². The molecule has 3 aliphatic heterocycles. The molecular weight excluding hydrogens is 340 g/mol. The van der Waals surface area contributed by atoms with Gasteiger partial charge in [0.1, 0.15) is 24.1 Å². The van der Waals surface area contributed by atoms with E-state index < -0.39 is 6.10 Å². The zero-order valence-corrected chi connectivity index (χ0v) is 14.7. The van der Waals surface area contributed by atoms with Crippen LogP contribution in [0.5, 0.6) is 5.75 Å². The molecule has 0 radical (unpaired) electrons. The number of fused-ring (bicyclic) bond motifs is 1. The first-order valence-electron chi connectivity index (χ1n) is 8.90. The lowest BCUT2D eigenvalue weighted by molar-refractivity contribution is 0.0178. The summed E-state index contributed by atoms with van der Waals surface area (Å²) in [6.07, 6.45) is -1.29. The van der Waals surface area contributed by atoms with E-state index in [-0.39, 0.29) is 30.8 Å². The maximum Gasteiger partial charge on any atom is 0.251 e. The van der Waals surface area contributed by atoms with Crippen LogP contribution in [0.4, 0.5) is 5.69 Å². The van der Waals surface area contributed by atoms with Crippen LogP contribution in [-0.2, 0) is 14.2 Å². The molecule has 4 atom stereocenters. The van der Waals surface area contributed by atoms with Crippen LogP contribution in [0.15, 0.2) is 18.2 Å². The summed E-state index contributed by atoms with van der Waals surface area (Å²) in [5, 5.41) is 12.8. The lowest BCUT2D eigenvalue weighted by atomic mass is 10.1. The number of aliphatic hydroxyl groups excluding tert-OH is 1. The molecule has 3 aliphatic rings. The Morgan fingerprint density at radius 2 is 2.00 bits per heavy atom. The van der Waals surface area contributed by atoms with Crippen LogP contribution < -0.4 is 15.0 Å². The van der Waals surface area contributed by atoms with E-state index >= 15 is 0 Å². The lowest BCUT2D eigenvalue weighted by Crippen LogP contribution is -2.44. The number of nitrogens with zero attached hydrogens (tertiary/aromatic N) is 1. The van der Waals surface area contributed by atoms with Crippen molar-refractivity contribution >= 4 is 11.6 Å². The number of benzene rings is 1. The quantitative estimate of drug-likeness (QED) is 0.764. The Kier molecular flexibility index (Phi) is 4.99. The van der Waals surface area contributed by atoms with Crippen molar-refractivity contribution in [3.8, 4) is 5.75 Å². The third kappa shape index (κ3) is 3.25. The summed E-state index contributed by atoms with van der Waals surface area (Å²) >= 11 is 0. The van der Waals surface area contributed by atoms with Crippen LogP contribution in [0.3, 0.4) is 0 Å². The van der Waals surface area contributed by atoms with Crippen molar-refractivity contribution in [2.24, 2.45) is 0 Å². The number of methoxy groups -OCH3 is 1. The molecule has 142 valence electrons. The molecule has 0 unspecified atom stereocenters. The summed E-state index contributed by atoms with van der Waals surface area (Å²) in [5.74, 6) is 0.538. The molecule has 3 fully saturated rings. The highest BCUT2D eigenvalue weighted by atomic mass is 16.6. The molecule has 26 heavy (non-hydrogen) atoms. The Balaban J connectivity index is 1.49. The lowest BCUT2D eigenvalue weighted by Gasteiger charge is -2.30. The van der Waals surface area contributed by atoms with E-state index in [4.69, 9.17) is 18.9 Å². The van der Waals surface area contributed by atoms with Gasteiger partial charge in [0.15, 0.2) is 0 Å².